The van der Waals surface area contributed by atoms with E-state index in [4.69, 9.17) is 4.74 Å². The number of carbonyl (C=O) groups is 1. The smallest absolute Gasteiger partial charge is 0.272 e. The maximum absolute atomic E-state index is 12.5. The fourth-order valence-corrected chi connectivity index (χ4v) is 4.33. The van der Waals surface area contributed by atoms with E-state index < -0.39 is 0 Å². The molecule has 0 saturated heterocycles. The predicted molar refractivity (Wildman–Crippen MR) is 117 cm³/mol. The third-order valence-electron chi connectivity index (χ3n) is 5.18. The fraction of sp³-hybridized carbons (Fsp3) is 0.409. The van der Waals surface area contributed by atoms with Gasteiger partial charge in [-0.3, -0.25) is 14.8 Å². The van der Waals surface area contributed by atoms with Gasteiger partial charge in [0.15, 0.2) is 5.69 Å². The van der Waals surface area contributed by atoms with Crippen molar-refractivity contribution in [3.8, 4) is 5.75 Å². The maximum Gasteiger partial charge on any atom is 0.272 e. The first-order valence-electron chi connectivity index (χ1n) is 10.2. The number of aromatic amines is 1. The van der Waals surface area contributed by atoms with E-state index in [0.29, 0.717) is 12.2 Å². The lowest BCUT2D eigenvalue weighted by Gasteiger charge is -2.18. The lowest BCUT2D eigenvalue weighted by molar-refractivity contribution is 0.0926. The zero-order valence-electron chi connectivity index (χ0n) is 17.4. The van der Waals surface area contributed by atoms with Gasteiger partial charge in [-0.1, -0.05) is 12.1 Å². The molecule has 0 aliphatic heterocycles. The van der Waals surface area contributed by atoms with E-state index in [1.54, 1.807) is 11.3 Å². The van der Waals surface area contributed by atoms with Gasteiger partial charge in [0.2, 0.25) is 0 Å². The molecule has 4 rings (SSSR count). The van der Waals surface area contributed by atoms with Gasteiger partial charge >= 0.3 is 0 Å². The molecule has 1 atom stereocenters. The van der Waals surface area contributed by atoms with Crippen LogP contribution in [0, 0.1) is 0 Å². The number of aromatic nitrogens is 3. The van der Waals surface area contributed by atoms with Gasteiger partial charge in [0.1, 0.15) is 11.9 Å². The van der Waals surface area contributed by atoms with E-state index in [2.05, 4.69) is 50.0 Å². The first kappa shape index (κ1) is 20.6. The van der Waals surface area contributed by atoms with E-state index in [1.807, 2.05) is 24.6 Å². The van der Waals surface area contributed by atoms with Crippen LogP contribution < -0.4 is 10.1 Å². The predicted octanol–water partition coefficient (Wildman–Crippen LogP) is 3.18. The molecule has 2 heterocycles. The highest BCUT2D eigenvalue weighted by Gasteiger charge is 2.23. The molecule has 158 valence electrons. The quantitative estimate of drug-likeness (QED) is 0.550. The second kappa shape index (κ2) is 9.40. The van der Waals surface area contributed by atoms with Crippen LogP contribution in [-0.2, 0) is 25.9 Å². The molecule has 1 aliphatic rings. The largest absolute Gasteiger partial charge is 0.489 e. The lowest BCUT2D eigenvalue weighted by Crippen LogP contribution is -2.34. The van der Waals surface area contributed by atoms with Crippen LogP contribution >= 0.6 is 11.3 Å². The topological polar surface area (TPSA) is 83.1 Å². The first-order valence-corrected chi connectivity index (χ1v) is 11.2. The van der Waals surface area contributed by atoms with Gasteiger partial charge in [-0.25, -0.2) is 4.98 Å². The van der Waals surface area contributed by atoms with Crippen molar-refractivity contribution >= 4 is 17.2 Å². The van der Waals surface area contributed by atoms with Gasteiger partial charge in [-0.2, -0.15) is 5.10 Å². The summed E-state index contributed by atoms with van der Waals surface area (Å²) in [5.74, 6) is 0.666. The molecule has 3 aromatic rings. The number of aryl methyl sites for hydroxylation is 1. The molecular formula is C22H27N5O2S. The first-order chi connectivity index (χ1) is 14.6. The van der Waals surface area contributed by atoms with Crippen LogP contribution in [0.5, 0.6) is 5.75 Å². The Hall–Kier alpha value is -2.71. The lowest BCUT2D eigenvalue weighted by atomic mass is 10.2. The molecule has 0 spiro atoms. The Kier molecular flexibility index (Phi) is 6.44. The zero-order valence-corrected chi connectivity index (χ0v) is 18.2. The highest BCUT2D eigenvalue weighted by Crippen LogP contribution is 2.22. The monoisotopic (exact) mass is 425 g/mol. The number of fused-ring (bicyclic) bond motifs is 1. The van der Waals surface area contributed by atoms with Crippen molar-refractivity contribution in [2.24, 2.45) is 0 Å². The second-order valence-electron chi connectivity index (χ2n) is 7.82. The van der Waals surface area contributed by atoms with Gasteiger partial charge in [0, 0.05) is 29.7 Å². The number of nitrogens with one attached hydrogen (secondary N) is 2. The zero-order chi connectivity index (χ0) is 20.9. The van der Waals surface area contributed by atoms with Crippen molar-refractivity contribution < 1.29 is 9.53 Å². The van der Waals surface area contributed by atoms with Gasteiger partial charge < -0.3 is 10.1 Å². The van der Waals surface area contributed by atoms with E-state index in [-0.39, 0.29) is 12.0 Å². The molecule has 2 aromatic heterocycles. The summed E-state index contributed by atoms with van der Waals surface area (Å²) < 4.78 is 6.03. The van der Waals surface area contributed by atoms with Crippen molar-refractivity contribution in [1.82, 2.24) is 25.4 Å². The summed E-state index contributed by atoms with van der Waals surface area (Å²) in [6.45, 7) is 4.00. The molecule has 30 heavy (non-hydrogen) atoms. The molecule has 1 aromatic carbocycles. The number of hydrogen-bond donors (Lipinski definition) is 2. The summed E-state index contributed by atoms with van der Waals surface area (Å²) in [5, 5.41) is 12.2. The SMILES string of the molecule is C[C@H](CNC(=O)c1n[nH]c2c1CCC2)Oc1cccc(CN(C)Cc2cscn2)c1. The Morgan fingerprint density at radius 1 is 1.37 bits per heavy atom. The molecule has 8 heteroatoms. The molecular weight excluding hydrogens is 398 g/mol. The van der Waals surface area contributed by atoms with Crippen molar-refractivity contribution in [2.75, 3.05) is 13.6 Å². The van der Waals surface area contributed by atoms with E-state index in [9.17, 15) is 4.79 Å². The van der Waals surface area contributed by atoms with Crippen LogP contribution in [-0.4, -0.2) is 45.7 Å². The molecule has 0 radical (unpaired) electrons. The Morgan fingerprint density at radius 3 is 3.10 bits per heavy atom. The van der Waals surface area contributed by atoms with E-state index in [0.717, 1.165) is 55.1 Å². The van der Waals surface area contributed by atoms with Crippen LogP contribution in [0.15, 0.2) is 35.2 Å². The van der Waals surface area contributed by atoms with Crippen LogP contribution in [0.2, 0.25) is 0 Å². The summed E-state index contributed by atoms with van der Waals surface area (Å²) in [4.78, 5) is 19.0. The van der Waals surface area contributed by atoms with Crippen LogP contribution in [0.25, 0.3) is 0 Å². The summed E-state index contributed by atoms with van der Waals surface area (Å²) in [6.07, 6.45) is 2.83. The Bertz CT molecular complexity index is 985. The van der Waals surface area contributed by atoms with E-state index in [1.165, 1.54) is 5.56 Å². The minimum Gasteiger partial charge on any atom is -0.489 e. The number of hydrogen-bond acceptors (Lipinski definition) is 6. The van der Waals surface area contributed by atoms with E-state index >= 15 is 0 Å². The summed E-state index contributed by atoms with van der Waals surface area (Å²) in [5.41, 5.74) is 6.81. The molecule has 0 bridgehead atoms. The van der Waals surface area contributed by atoms with Crippen molar-refractivity contribution in [2.45, 2.75) is 45.4 Å². The van der Waals surface area contributed by atoms with Crippen LogP contribution in [0.1, 0.15) is 46.3 Å². The molecule has 0 saturated carbocycles. The number of thiazole rings is 1. The number of H-pyrrole nitrogens is 1. The molecule has 2 N–H and O–H groups in total. The second-order valence-corrected chi connectivity index (χ2v) is 8.54. The average molecular weight is 426 g/mol. The number of rotatable bonds is 9. The minimum absolute atomic E-state index is 0.137. The number of carbonyl (C=O) groups excluding carboxylic acids is 1. The molecule has 1 amide bonds. The fourth-order valence-electron chi connectivity index (χ4n) is 3.78. The van der Waals surface area contributed by atoms with Gasteiger partial charge in [0.25, 0.3) is 5.91 Å². The normalized spacial score (nSPS) is 14.0. The van der Waals surface area contributed by atoms with Crippen LogP contribution in [0.3, 0.4) is 0 Å². The summed E-state index contributed by atoms with van der Waals surface area (Å²) in [6, 6.07) is 8.09. The Morgan fingerprint density at radius 2 is 2.27 bits per heavy atom. The molecule has 0 unspecified atom stereocenters. The third-order valence-corrected chi connectivity index (χ3v) is 5.81. The number of ether oxygens (including phenoxy) is 1. The number of amides is 1. The van der Waals surface area contributed by atoms with Gasteiger partial charge in [-0.15, -0.1) is 11.3 Å². The number of nitrogens with zero attached hydrogens (tertiary/aromatic N) is 3. The van der Waals surface area contributed by atoms with Crippen LogP contribution in [0.4, 0.5) is 0 Å². The highest BCUT2D eigenvalue weighted by atomic mass is 32.1. The number of benzene rings is 1. The van der Waals surface area contributed by atoms with Crippen molar-refractivity contribution in [3.05, 3.63) is 63.4 Å². The molecule has 0 fully saturated rings. The minimum atomic E-state index is -0.149. The highest BCUT2D eigenvalue weighted by molar-refractivity contribution is 7.07. The maximum atomic E-state index is 12.5. The Balaban J connectivity index is 1.27. The third kappa shape index (κ3) is 5.06. The summed E-state index contributed by atoms with van der Waals surface area (Å²) in [7, 11) is 2.08. The summed E-state index contributed by atoms with van der Waals surface area (Å²) >= 11 is 1.62. The Labute approximate surface area is 180 Å². The van der Waals surface area contributed by atoms with Crippen molar-refractivity contribution in [3.63, 3.8) is 0 Å². The van der Waals surface area contributed by atoms with Gasteiger partial charge in [-0.05, 0) is 50.9 Å². The average Bonchev–Trinajstić information content (AvgIpc) is 3.44. The molecule has 1 aliphatic carbocycles. The standard InChI is InChI=1S/C22H27N5O2S/c1-15(10-23-22(28)21-19-7-4-8-20(19)25-26-21)29-18-6-3-5-16(9-18)11-27(2)12-17-13-30-14-24-17/h3,5-6,9,13-15H,4,7-8,10-12H2,1-2H3,(H,23,28)(H,25,26)/t15-/m1/s1. The van der Waals surface area contributed by atoms with Gasteiger partial charge in [0.05, 0.1) is 17.7 Å². The van der Waals surface area contributed by atoms with Crippen molar-refractivity contribution in [1.29, 1.82) is 0 Å². The molecule has 7 nitrogen and oxygen atoms in total.